The molecular weight excluding hydrogens is 372 g/mol. The standard InChI is InChI=1S/C22H26N2O5/c1-28-20-9-5-7-15(21(20)29-2)17(13-24-19(10-11-25)22(26)27)16-12-23-18-8-4-3-6-14(16)18/h3-9,12,17,19,23-25H,10-11,13H2,1-2H3,(H,26,27). The SMILES string of the molecule is COc1cccc(C(CNC(CCO)C(=O)O)c2c[nH]c3ccccc23)c1OC. The molecule has 2 unspecified atom stereocenters. The van der Waals surface area contributed by atoms with Gasteiger partial charge in [0.25, 0.3) is 0 Å². The Bertz CT molecular complexity index is 969. The van der Waals surface area contributed by atoms with E-state index < -0.39 is 12.0 Å². The van der Waals surface area contributed by atoms with Gasteiger partial charge in [0.1, 0.15) is 6.04 Å². The highest BCUT2D eigenvalue weighted by Crippen LogP contribution is 2.40. The molecule has 2 atom stereocenters. The molecule has 29 heavy (non-hydrogen) atoms. The smallest absolute Gasteiger partial charge is 0.320 e. The lowest BCUT2D eigenvalue weighted by Gasteiger charge is -2.23. The average Bonchev–Trinajstić information content (AvgIpc) is 3.16. The Morgan fingerprint density at radius 3 is 2.59 bits per heavy atom. The molecule has 3 aromatic rings. The summed E-state index contributed by atoms with van der Waals surface area (Å²) in [7, 11) is 3.18. The molecule has 0 fully saturated rings. The van der Waals surface area contributed by atoms with Gasteiger partial charge in [0.2, 0.25) is 0 Å². The van der Waals surface area contributed by atoms with Crippen LogP contribution in [0, 0.1) is 0 Å². The number of carboxylic acids is 1. The Morgan fingerprint density at radius 2 is 1.90 bits per heavy atom. The van der Waals surface area contributed by atoms with Crippen molar-refractivity contribution in [2.24, 2.45) is 0 Å². The van der Waals surface area contributed by atoms with E-state index in [9.17, 15) is 15.0 Å². The van der Waals surface area contributed by atoms with Crippen molar-refractivity contribution < 1.29 is 24.5 Å². The fourth-order valence-corrected chi connectivity index (χ4v) is 3.66. The number of ether oxygens (including phenoxy) is 2. The normalized spacial score (nSPS) is 13.2. The molecule has 0 bridgehead atoms. The highest BCUT2D eigenvalue weighted by Gasteiger charge is 2.26. The van der Waals surface area contributed by atoms with Crippen LogP contribution in [-0.2, 0) is 4.79 Å². The van der Waals surface area contributed by atoms with Crippen LogP contribution in [0.4, 0.5) is 0 Å². The number of methoxy groups -OCH3 is 2. The zero-order valence-corrected chi connectivity index (χ0v) is 16.5. The summed E-state index contributed by atoms with van der Waals surface area (Å²) in [5.41, 5.74) is 2.91. The molecule has 0 radical (unpaired) electrons. The molecule has 2 aromatic carbocycles. The van der Waals surface area contributed by atoms with Crippen molar-refractivity contribution in [2.45, 2.75) is 18.4 Å². The summed E-state index contributed by atoms with van der Waals surface area (Å²) < 4.78 is 11.1. The van der Waals surface area contributed by atoms with E-state index in [0.29, 0.717) is 18.0 Å². The molecule has 0 aliphatic rings. The number of aromatic nitrogens is 1. The summed E-state index contributed by atoms with van der Waals surface area (Å²) in [5.74, 6) is 0.0344. The Balaban J connectivity index is 2.06. The van der Waals surface area contributed by atoms with Gasteiger partial charge in [-0.3, -0.25) is 4.79 Å². The van der Waals surface area contributed by atoms with Gasteiger partial charge >= 0.3 is 5.97 Å². The fourth-order valence-electron chi connectivity index (χ4n) is 3.66. The summed E-state index contributed by atoms with van der Waals surface area (Å²) in [6.07, 6.45) is 2.07. The summed E-state index contributed by atoms with van der Waals surface area (Å²) in [6, 6.07) is 12.8. The highest BCUT2D eigenvalue weighted by molar-refractivity contribution is 5.84. The number of aliphatic carboxylic acids is 1. The minimum absolute atomic E-state index is 0.130. The molecule has 0 amide bonds. The van der Waals surface area contributed by atoms with Crippen molar-refractivity contribution in [1.82, 2.24) is 10.3 Å². The molecule has 0 spiro atoms. The number of benzene rings is 2. The first kappa shape index (κ1) is 20.7. The zero-order chi connectivity index (χ0) is 20.8. The highest BCUT2D eigenvalue weighted by atomic mass is 16.5. The molecule has 4 N–H and O–H groups in total. The molecule has 3 rings (SSSR count). The minimum Gasteiger partial charge on any atom is -0.493 e. The second kappa shape index (κ2) is 9.45. The first-order chi connectivity index (χ1) is 14.1. The molecule has 0 saturated heterocycles. The van der Waals surface area contributed by atoms with Crippen LogP contribution >= 0.6 is 0 Å². The minimum atomic E-state index is -0.991. The number of H-pyrrole nitrogens is 1. The van der Waals surface area contributed by atoms with E-state index in [2.05, 4.69) is 10.3 Å². The van der Waals surface area contributed by atoms with Gasteiger partial charge in [0.05, 0.1) is 14.2 Å². The average molecular weight is 398 g/mol. The summed E-state index contributed by atoms with van der Waals surface area (Å²) in [5, 5.41) is 22.8. The topological polar surface area (TPSA) is 104 Å². The molecule has 154 valence electrons. The quantitative estimate of drug-likeness (QED) is 0.419. The van der Waals surface area contributed by atoms with E-state index in [4.69, 9.17) is 9.47 Å². The van der Waals surface area contributed by atoms with E-state index in [1.165, 1.54) is 0 Å². The summed E-state index contributed by atoms with van der Waals surface area (Å²) >= 11 is 0. The van der Waals surface area contributed by atoms with Crippen molar-refractivity contribution in [1.29, 1.82) is 0 Å². The van der Waals surface area contributed by atoms with Crippen molar-refractivity contribution in [3.8, 4) is 11.5 Å². The predicted molar refractivity (Wildman–Crippen MR) is 111 cm³/mol. The number of rotatable bonds is 10. The first-order valence-corrected chi connectivity index (χ1v) is 9.44. The zero-order valence-electron chi connectivity index (χ0n) is 16.5. The second-order valence-electron chi connectivity index (χ2n) is 6.74. The fraction of sp³-hybridized carbons (Fsp3) is 0.318. The Hall–Kier alpha value is -3.03. The predicted octanol–water partition coefficient (Wildman–Crippen LogP) is 2.74. The van der Waals surface area contributed by atoms with Crippen LogP contribution in [0.15, 0.2) is 48.7 Å². The molecule has 1 aromatic heterocycles. The Morgan fingerprint density at radius 1 is 1.10 bits per heavy atom. The van der Waals surface area contributed by atoms with Crippen LogP contribution in [0.2, 0.25) is 0 Å². The number of fused-ring (bicyclic) bond motifs is 1. The number of para-hydroxylation sites is 2. The Labute approximate surface area is 169 Å². The first-order valence-electron chi connectivity index (χ1n) is 9.44. The van der Waals surface area contributed by atoms with Crippen LogP contribution in [0.1, 0.15) is 23.5 Å². The maximum absolute atomic E-state index is 11.5. The van der Waals surface area contributed by atoms with E-state index in [1.807, 2.05) is 48.7 Å². The van der Waals surface area contributed by atoms with Crippen LogP contribution in [-0.4, -0.2) is 54.6 Å². The maximum atomic E-state index is 11.5. The number of carbonyl (C=O) groups is 1. The van der Waals surface area contributed by atoms with Gasteiger partial charge in [-0.2, -0.15) is 0 Å². The van der Waals surface area contributed by atoms with E-state index in [0.717, 1.165) is 22.0 Å². The summed E-state index contributed by atoms with van der Waals surface area (Å²) in [4.78, 5) is 14.8. The number of aliphatic hydroxyl groups is 1. The van der Waals surface area contributed by atoms with Crippen molar-refractivity contribution in [2.75, 3.05) is 27.4 Å². The van der Waals surface area contributed by atoms with Gasteiger partial charge in [-0.15, -0.1) is 0 Å². The molecule has 0 aliphatic carbocycles. The third kappa shape index (κ3) is 4.36. The van der Waals surface area contributed by atoms with Gasteiger partial charge in [-0.05, 0) is 24.1 Å². The summed E-state index contributed by atoms with van der Waals surface area (Å²) in [6.45, 7) is 0.145. The van der Waals surface area contributed by atoms with Gasteiger partial charge in [0, 0.05) is 41.7 Å². The Kier molecular flexibility index (Phi) is 6.74. The van der Waals surface area contributed by atoms with E-state index in [-0.39, 0.29) is 18.9 Å². The molecule has 7 nitrogen and oxygen atoms in total. The lowest BCUT2D eigenvalue weighted by atomic mass is 9.89. The number of carboxylic acid groups (broad SMARTS) is 1. The number of aromatic amines is 1. The van der Waals surface area contributed by atoms with Crippen LogP contribution in [0.3, 0.4) is 0 Å². The number of aliphatic hydroxyl groups excluding tert-OH is 1. The van der Waals surface area contributed by atoms with Crippen molar-refractivity contribution in [3.05, 3.63) is 59.8 Å². The maximum Gasteiger partial charge on any atom is 0.320 e. The van der Waals surface area contributed by atoms with E-state index >= 15 is 0 Å². The van der Waals surface area contributed by atoms with Gasteiger partial charge in [-0.1, -0.05) is 30.3 Å². The van der Waals surface area contributed by atoms with Crippen molar-refractivity contribution in [3.63, 3.8) is 0 Å². The van der Waals surface area contributed by atoms with E-state index in [1.54, 1.807) is 14.2 Å². The molecular formula is C22H26N2O5. The number of nitrogens with one attached hydrogen (secondary N) is 2. The third-order valence-electron chi connectivity index (χ3n) is 5.09. The number of hydrogen-bond donors (Lipinski definition) is 4. The molecule has 7 heteroatoms. The lowest BCUT2D eigenvalue weighted by Crippen LogP contribution is -2.39. The largest absolute Gasteiger partial charge is 0.493 e. The van der Waals surface area contributed by atoms with Crippen LogP contribution in [0.5, 0.6) is 11.5 Å². The van der Waals surface area contributed by atoms with Gasteiger partial charge < -0.3 is 30.0 Å². The van der Waals surface area contributed by atoms with Crippen LogP contribution in [0.25, 0.3) is 10.9 Å². The lowest BCUT2D eigenvalue weighted by molar-refractivity contribution is -0.139. The van der Waals surface area contributed by atoms with Crippen molar-refractivity contribution >= 4 is 16.9 Å². The number of hydrogen-bond acceptors (Lipinski definition) is 5. The molecule has 0 aliphatic heterocycles. The molecule has 1 heterocycles. The van der Waals surface area contributed by atoms with Gasteiger partial charge in [0.15, 0.2) is 11.5 Å². The third-order valence-corrected chi connectivity index (χ3v) is 5.09. The van der Waals surface area contributed by atoms with Gasteiger partial charge in [-0.25, -0.2) is 0 Å². The monoisotopic (exact) mass is 398 g/mol. The second-order valence-corrected chi connectivity index (χ2v) is 6.74. The van der Waals surface area contributed by atoms with Crippen LogP contribution < -0.4 is 14.8 Å². The molecule has 0 saturated carbocycles.